The summed E-state index contributed by atoms with van der Waals surface area (Å²) in [5.74, 6) is 0. The van der Waals surface area contributed by atoms with Crippen molar-refractivity contribution >= 4 is 12.6 Å². The van der Waals surface area contributed by atoms with E-state index in [4.69, 9.17) is 14.6 Å². The van der Waals surface area contributed by atoms with Crippen molar-refractivity contribution in [3.63, 3.8) is 0 Å². The lowest BCUT2D eigenvalue weighted by Crippen LogP contribution is -2.41. The average Bonchev–Trinajstić information content (AvgIpc) is 2.51. The SMILES string of the molecule is Cc1c(B2OC(C)(C)C(C)(C)O2)ccnc1CC#N. The summed E-state index contributed by atoms with van der Waals surface area (Å²) in [4.78, 5) is 4.24. The van der Waals surface area contributed by atoms with Crippen LogP contribution in [0.4, 0.5) is 0 Å². The predicted octanol–water partition coefficient (Wildman–Crippen LogP) is 1.76. The quantitative estimate of drug-likeness (QED) is 0.758. The first kappa shape index (κ1) is 14.0. The molecule has 100 valence electrons. The standard InChI is InChI=1S/C14H19BN2O2/c1-10-11(7-9-17-12(10)6-8-16)15-18-13(2,3)14(4,5)19-15/h7,9H,6H2,1-5H3. The summed E-state index contributed by atoms with van der Waals surface area (Å²) in [7, 11) is -0.398. The molecule has 0 radical (unpaired) electrons. The molecule has 0 unspecified atom stereocenters. The van der Waals surface area contributed by atoms with E-state index in [-0.39, 0.29) is 11.2 Å². The molecule has 0 saturated carbocycles. The second-order valence-electron chi connectivity index (χ2n) is 5.90. The molecule has 0 aromatic carbocycles. The largest absolute Gasteiger partial charge is 0.495 e. The first-order valence-electron chi connectivity index (χ1n) is 6.45. The first-order chi connectivity index (χ1) is 8.78. The minimum atomic E-state index is -0.398. The number of hydrogen-bond donors (Lipinski definition) is 0. The van der Waals surface area contributed by atoms with E-state index in [1.54, 1.807) is 6.20 Å². The van der Waals surface area contributed by atoms with Crippen molar-refractivity contribution in [2.75, 3.05) is 0 Å². The maximum absolute atomic E-state index is 8.81. The zero-order valence-electron chi connectivity index (χ0n) is 12.2. The van der Waals surface area contributed by atoms with Crippen LogP contribution in [0.2, 0.25) is 0 Å². The summed E-state index contributed by atoms with van der Waals surface area (Å²) >= 11 is 0. The third kappa shape index (κ3) is 2.38. The van der Waals surface area contributed by atoms with Crippen molar-refractivity contribution in [1.29, 1.82) is 5.26 Å². The molecule has 0 spiro atoms. The van der Waals surface area contributed by atoms with Crippen LogP contribution in [0.3, 0.4) is 0 Å². The molecule has 0 amide bonds. The molecule has 0 aliphatic carbocycles. The van der Waals surface area contributed by atoms with Gasteiger partial charge in [-0.3, -0.25) is 4.98 Å². The van der Waals surface area contributed by atoms with Crippen LogP contribution in [0.15, 0.2) is 12.3 Å². The van der Waals surface area contributed by atoms with Gasteiger partial charge in [-0.05, 0) is 51.7 Å². The van der Waals surface area contributed by atoms with Gasteiger partial charge in [-0.25, -0.2) is 0 Å². The summed E-state index contributed by atoms with van der Waals surface area (Å²) in [5.41, 5.74) is 2.00. The molecule has 19 heavy (non-hydrogen) atoms. The predicted molar refractivity (Wildman–Crippen MR) is 74.0 cm³/mol. The van der Waals surface area contributed by atoms with E-state index in [1.807, 2.05) is 40.7 Å². The Morgan fingerprint density at radius 1 is 1.26 bits per heavy atom. The third-order valence-electron chi connectivity index (χ3n) is 4.10. The number of nitriles is 1. The van der Waals surface area contributed by atoms with Crippen LogP contribution in [0, 0.1) is 18.3 Å². The van der Waals surface area contributed by atoms with E-state index in [1.165, 1.54) is 0 Å². The fourth-order valence-corrected chi connectivity index (χ4v) is 2.07. The first-order valence-corrected chi connectivity index (χ1v) is 6.45. The van der Waals surface area contributed by atoms with Crippen LogP contribution in [0.1, 0.15) is 39.0 Å². The highest BCUT2D eigenvalue weighted by atomic mass is 16.7. The second-order valence-corrected chi connectivity index (χ2v) is 5.90. The van der Waals surface area contributed by atoms with Gasteiger partial charge in [-0.1, -0.05) is 0 Å². The Labute approximate surface area is 114 Å². The minimum Gasteiger partial charge on any atom is -0.399 e. The Morgan fingerprint density at radius 3 is 2.37 bits per heavy atom. The zero-order valence-corrected chi connectivity index (χ0v) is 12.2. The molecule has 4 nitrogen and oxygen atoms in total. The van der Waals surface area contributed by atoms with E-state index < -0.39 is 7.12 Å². The number of hydrogen-bond acceptors (Lipinski definition) is 4. The number of rotatable bonds is 2. The van der Waals surface area contributed by atoms with Gasteiger partial charge in [0.05, 0.1) is 29.4 Å². The Morgan fingerprint density at radius 2 is 1.84 bits per heavy atom. The average molecular weight is 258 g/mol. The molecule has 2 heterocycles. The van der Waals surface area contributed by atoms with Crippen LogP contribution in [-0.2, 0) is 15.7 Å². The summed E-state index contributed by atoms with van der Waals surface area (Å²) in [6.45, 7) is 10.1. The molecule has 1 saturated heterocycles. The van der Waals surface area contributed by atoms with Gasteiger partial charge < -0.3 is 9.31 Å². The summed E-state index contributed by atoms with van der Waals surface area (Å²) in [6.07, 6.45) is 2.01. The van der Waals surface area contributed by atoms with Crippen LogP contribution in [0.25, 0.3) is 0 Å². The minimum absolute atomic E-state index is 0.305. The van der Waals surface area contributed by atoms with Gasteiger partial charge in [0.25, 0.3) is 0 Å². The molecule has 1 aromatic heterocycles. The number of nitrogens with zero attached hydrogens (tertiary/aromatic N) is 2. The smallest absolute Gasteiger partial charge is 0.399 e. The highest BCUT2D eigenvalue weighted by molar-refractivity contribution is 6.62. The van der Waals surface area contributed by atoms with E-state index >= 15 is 0 Å². The molecular formula is C14H19BN2O2. The van der Waals surface area contributed by atoms with Gasteiger partial charge in [0.1, 0.15) is 0 Å². The normalized spacial score (nSPS) is 20.3. The lowest BCUT2D eigenvalue weighted by atomic mass is 9.76. The van der Waals surface area contributed by atoms with Gasteiger partial charge in [0, 0.05) is 6.20 Å². The Balaban J connectivity index is 2.35. The Hall–Kier alpha value is -1.38. The van der Waals surface area contributed by atoms with Gasteiger partial charge in [0.15, 0.2) is 0 Å². The van der Waals surface area contributed by atoms with E-state index in [9.17, 15) is 0 Å². The lowest BCUT2D eigenvalue weighted by molar-refractivity contribution is 0.00578. The molecule has 1 aromatic rings. The van der Waals surface area contributed by atoms with E-state index in [2.05, 4.69) is 11.1 Å². The monoisotopic (exact) mass is 258 g/mol. The number of aromatic nitrogens is 1. The summed E-state index contributed by atoms with van der Waals surface area (Å²) < 4.78 is 12.1. The topological polar surface area (TPSA) is 55.1 Å². The molecule has 0 N–H and O–H groups in total. The van der Waals surface area contributed by atoms with Crippen LogP contribution in [-0.4, -0.2) is 23.3 Å². The molecule has 5 heteroatoms. The molecule has 0 bridgehead atoms. The number of pyridine rings is 1. The molecule has 1 fully saturated rings. The van der Waals surface area contributed by atoms with Crippen molar-refractivity contribution in [1.82, 2.24) is 4.98 Å². The highest BCUT2D eigenvalue weighted by Crippen LogP contribution is 2.36. The van der Waals surface area contributed by atoms with Crippen molar-refractivity contribution in [2.45, 2.75) is 52.2 Å². The Bertz CT molecular complexity index is 519. The van der Waals surface area contributed by atoms with Crippen LogP contribution in [0.5, 0.6) is 0 Å². The van der Waals surface area contributed by atoms with Gasteiger partial charge >= 0.3 is 7.12 Å². The summed E-state index contributed by atoms with van der Waals surface area (Å²) in [5, 5.41) is 8.81. The van der Waals surface area contributed by atoms with Crippen LogP contribution >= 0.6 is 0 Å². The fraction of sp³-hybridized carbons (Fsp3) is 0.571. The van der Waals surface area contributed by atoms with Gasteiger partial charge in [-0.15, -0.1) is 0 Å². The maximum Gasteiger partial charge on any atom is 0.495 e. The molecule has 2 rings (SSSR count). The highest BCUT2D eigenvalue weighted by Gasteiger charge is 2.52. The van der Waals surface area contributed by atoms with Crippen molar-refractivity contribution in [3.8, 4) is 6.07 Å². The van der Waals surface area contributed by atoms with Gasteiger partial charge in [0.2, 0.25) is 0 Å². The molecule has 0 atom stereocenters. The molecular weight excluding hydrogens is 239 g/mol. The maximum atomic E-state index is 8.81. The Kier molecular flexibility index (Phi) is 3.42. The summed E-state index contributed by atoms with van der Waals surface area (Å²) in [6, 6.07) is 4.03. The second kappa shape index (κ2) is 4.62. The zero-order chi connectivity index (χ0) is 14.3. The van der Waals surface area contributed by atoms with E-state index in [0.717, 1.165) is 16.7 Å². The van der Waals surface area contributed by atoms with Crippen LogP contribution < -0.4 is 5.46 Å². The third-order valence-corrected chi connectivity index (χ3v) is 4.10. The van der Waals surface area contributed by atoms with Crippen molar-refractivity contribution in [2.24, 2.45) is 0 Å². The molecule has 1 aliphatic heterocycles. The molecule has 1 aliphatic rings. The van der Waals surface area contributed by atoms with Gasteiger partial charge in [-0.2, -0.15) is 5.26 Å². The van der Waals surface area contributed by atoms with Crippen molar-refractivity contribution in [3.05, 3.63) is 23.5 Å². The fourth-order valence-electron chi connectivity index (χ4n) is 2.07. The van der Waals surface area contributed by atoms with Crippen molar-refractivity contribution < 1.29 is 9.31 Å². The lowest BCUT2D eigenvalue weighted by Gasteiger charge is -2.32. The van der Waals surface area contributed by atoms with E-state index in [0.29, 0.717) is 6.42 Å².